The molecule has 1 atom stereocenters. The molecular weight excluding hydrogens is 214 g/mol. The first-order chi connectivity index (χ1) is 7.72. The van der Waals surface area contributed by atoms with Crippen molar-refractivity contribution in [1.82, 2.24) is 5.32 Å². The highest BCUT2D eigenvalue weighted by molar-refractivity contribution is 7.07. The van der Waals surface area contributed by atoms with Gasteiger partial charge in [-0.1, -0.05) is 13.0 Å². The summed E-state index contributed by atoms with van der Waals surface area (Å²) in [5.74, 6) is 0. The van der Waals surface area contributed by atoms with Gasteiger partial charge in [-0.25, -0.2) is 0 Å². The lowest BCUT2D eigenvalue weighted by Crippen LogP contribution is -2.32. The summed E-state index contributed by atoms with van der Waals surface area (Å²) in [6, 6.07) is 3.02. The van der Waals surface area contributed by atoms with Crippen LogP contribution in [-0.2, 0) is 6.42 Å². The van der Waals surface area contributed by atoms with Crippen LogP contribution in [0.1, 0.15) is 31.7 Å². The summed E-state index contributed by atoms with van der Waals surface area (Å²) >= 11 is 1.78. The maximum Gasteiger partial charge on any atom is 0.00685 e. The fourth-order valence-electron chi connectivity index (χ4n) is 1.79. The van der Waals surface area contributed by atoms with Gasteiger partial charge in [0.15, 0.2) is 0 Å². The topological polar surface area (TPSA) is 12.0 Å². The van der Waals surface area contributed by atoms with E-state index in [-0.39, 0.29) is 5.41 Å². The second-order valence-electron chi connectivity index (χ2n) is 5.14. The average molecular weight is 235 g/mol. The molecule has 2 heteroatoms. The Labute approximate surface area is 103 Å². The van der Waals surface area contributed by atoms with Crippen molar-refractivity contribution in [1.29, 1.82) is 0 Å². The first-order valence-corrected chi connectivity index (χ1v) is 7.04. The lowest BCUT2D eigenvalue weighted by Gasteiger charge is -2.26. The Morgan fingerprint density at radius 1 is 1.62 bits per heavy atom. The second-order valence-corrected chi connectivity index (χ2v) is 5.92. The predicted octanol–water partition coefficient (Wildman–Crippen LogP) is 3.63. The van der Waals surface area contributed by atoms with Gasteiger partial charge in [-0.2, -0.15) is 11.3 Å². The molecule has 1 aliphatic rings. The van der Waals surface area contributed by atoms with E-state index in [1.165, 1.54) is 31.2 Å². The molecule has 0 amide bonds. The van der Waals surface area contributed by atoms with E-state index in [2.05, 4.69) is 41.7 Å². The van der Waals surface area contributed by atoms with Crippen LogP contribution in [0, 0.1) is 5.41 Å². The third kappa shape index (κ3) is 3.46. The first kappa shape index (κ1) is 11.9. The molecule has 88 valence electrons. The fraction of sp³-hybridized carbons (Fsp3) is 0.571. The second kappa shape index (κ2) is 5.15. The van der Waals surface area contributed by atoms with Gasteiger partial charge in [-0.3, -0.25) is 0 Å². The van der Waals surface area contributed by atoms with E-state index in [0.29, 0.717) is 0 Å². The van der Waals surface area contributed by atoms with E-state index in [1.807, 2.05) is 0 Å². The van der Waals surface area contributed by atoms with Crippen LogP contribution in [0.4, 0.5) is 0 Å². The zero-order chi connectivity index (χ0) is 11.4. The summed E-state index contributed by atoms with van der Waals surface area (Å²) in [5, 5.41) is 8.01. The molecule has 1 fully saturated rings. The van der Waals surface area contributed by atoms with E-state index in [0.717, 1.165) is 12.6 Å². The highest BCUT2D eigenvalue weighted by Gasteiger charge is 2.26. The highest BCUT2D eigenvalue weighted by Crippen LogP contribution is 2.27. The molecule has 1 saturated carbocycles. The van der Waals surface area contributed by atoms with Crippen molar-refractivity contribution >= 4 is 11.3 Å². The van der Waals surface area contributed by atoms with Crippen LogP contribution in [0.15, 0.2) is 29.5 Å². The summed E-state index contributed by atoms with van der Waals surface area (Å²) in [6.07, 6.45) is 7.19. The number of thiophene rings is 1. The Morgan fingerprint density at radius 3 is 3.00 bits per heavy atom. The Morgan fingerprint density at radius 2 is 2.44 bits per heavy atom. The predicted molar refractivity (Wildman–Crippen MR) is 72.0 cm³/mol. The zero-order valence-corrected chi connectivity index (χ0v) is 10.9. The molecular formula is C14H21NS. The van der Waals surface area contributed by atoms with Crippen LogP contribution in [0.3, 0.4) is 0 Å². The molecule has 1 aromatic rings. The third-order valence-electron chi connectivity index (χ3n) is 3.43. The van der Waals surface area contributed by atoms with Gasteiger partial charge in [0, 0.05) is 12.6 Å². The molecule has 2 rings (SSSR count). The van der Waals surface area contributed by atoms with Gasteiger partial charge < -0.3 is 5.32 Å². The van der Waals surface area contributed by atoms with Crippen molar-refractivity contribution in [2.24, 2.45) is 5.41 Å². The minimum absolute atomic E-state index is 0.241. The van der Waals surface area contributed by atoms with Crippen molar-refractivity contribution in [2.45, 2.75) is 38.6 Å². The Hall–Kier alpha value is -0.600. The molecule has 1 aromatic heterocycles. The van der Waals surface area contributed by atoms with Gasteiger partial charge in [0.2, 0.25) is 0 Å². The summed E-state index contributed by atoms with van der Waals surface area (Å²) < 4.78 is 0. The fourth-order valence-corrected chi connectivity index (χ4v) is 2.50. The molecule has 1 heterocycles. The van der Waals surface area contributed by atoms with Crippen LogP contribution in [-0.4, -0.2) is 12.6 Å². The van der Waals surface area contributed by atoms with E-state index in [9.17, 15) is 0 Å². The molecule has 0 aliphatic heterocycles. The molecule has 0 saturated heterocycles. The van der Waals surface area contributed by atoms with Crippen LogP contribution < -0.4 is 5.32 Å². The number of aryl methyl sites for hydroxylation is 1. The van der Waals surface area contributed by atoms with Crippen molar-refractivity contribution in [3.05, 3.63) is 35.0 Å². The molecule has 1 nitrogen and oxygen atoms in total. The van der Waals surface area contributed by atoms with Crippen LogP contribution in [0.25, 0.3) is 0 Å². The molecule has 0 bridgehead atoms. The summed E-state index contributed by atoms with van der Waals surface area (Å²) in [7, 11) is 0. The molecule has 1 N–H and O–H groups in total. The van der Waals surface area contributed by atoms with Crippen molar-refractivity contribution < 1.29 is 0 Å². The van der Waals surface area contributed by atoms with Gasteiger partial charge in [0.1, 0.15) is 0 Å². The molecule has 1 unspecified atom stereocenters. The molecule has 16 heavy (non-hydrogen) atoms. The lowest BCUT2D eigenvalue weighted by molar-refractivity contribution is 0.363. The average Bonchev–Trinajstić information content (AvgIpc) is 2.99. The van der Waals surface area contributed by atoms with Gasteiger partial charge >= 0.3 is 0 Å². The maximum absolute atomic E-state index is 3.99. The lowest BCUT2D eigenvalue weighted by atomic mass is 9.84. The van der Waals surface area contributed by atoms with Gasteiger partial charge in [0.05, 0.1) is 0 Å². The summed E-state index contributed by atoms with van der Waals surface area (Å²) in [5.41, 5.74) is 1.70. The normalized spacial score (nSPS) is 19.3. The maximum atomic E-state index is 3.99. The Kier molecular flexibility index (Phi) is 3.82. The van der Waals surface area contributed by atoms with Crippen LogP contribution in [0.5, 0.6) is 0 Å². The smallest absolute Gasteiger partial charge is 0.00685 e. The largest absolute Gasteiger partial charge is 0.313 e. The summed E-state index contributed by atoms with van der Waals surface area (Å²) in [4.78, 5) is 0. The first-order valence-electron chi connectivity index (χ1n) is 6.10. The molecule has 0 aromatic carbocycles. The van der Waals surface area contributed by atoms with E-state index in [4.69, 9.17) is 0 Å². The van der Waals surface area contributed by atoms with Crippen LogP contribution in [0.2, 0.25) is 0 Å². The SMILES string of the molecule is C=CC(C)(CCc1ccsc1)CNC1CC1. The van der Waals surface area contributed by atoms with Gasteiger partial charge in [-0.05, 0) is 53.5 Å². The monoisotopic (exact) mass is 235 g/mol. The highest BCUT2D eigenvalue weighted by atomic mass is 32.1. The molecule has 1 aliphatic carbocycles. The van der Waals surface area contributed by atoms with Crippen molar-refractivity contribution in [2.75, 3.05) is 6.54 Å². The number of nitrogens with one attached hydrogen (secondary N) is 1. The molecule has 0 radical (unpaired) electrons. The molecule has 0 spiro atoms. The zero-order valence-electron chi connectivity index (χ0n) is 10.0. The van der Waals surface area contributed by atoms with Gasteiger partial charge in [0.25, 0.3) is 0 Å². The van der Waals surface area contributed by atoms with E-state index >= 15 is 0 Å². The van der Waals surface area contributed by atoms with Crippen molar-refractivity contribution in [3.8, 4) is 0 Å². The van der Waals surface area contributed by atoms with E-state index in [1.54, 1.807) is 11.3 Å². The van der Waals surface area contributed by atoms with Gasteiger partial charge in [-0.15, -0.1) is 6.58 Å². The minimum Gasteiger partial charge on any atom is -0.313 e. The number of hydrogen-bond acceptors (Lipinski definition) is 2. The van der Waals surface area contributed by atoms with Crippen molar-refractivity contribution in [3.63, 3.8) is 0 Å². The Bertz CT molecular complexity index is 327. The third-order valence-corrected chi connectivity index (χ3v) is 4.16. The number of hydrogen-bond donors (Lipinski definition) is 1. The summed E-state index contributed by atoms with van der Waals surface area (Å²) in [6.45, 7) is 7.38. The quantitative estimate of drug-likeness (QED) is 0.712. The number of rotatable bonds is 7. The van der Waals surface area contributed by atoms with Crippen LogP contribution >= 0.6 is 11.3 Å². The Balaban J connectivity index is 1.80. The standard InChI is InChI=1S/C14H21NS/c1-3-14(2,11-15-13-4-5-13)8-6-12-7-9-16-10-12/h3,7,9-10,13,15H,1,4-6,8,11H2,2H3. The van der Waals surface area contributed by atoms with E-state index < -0.39 is 0 Å². The minimum atomic E-state index is 0.241.